The van der Waals surface area contributed by atoms with Gasteiger partial charge in [0.15, 0.2) is 0 Å². The number of pyridine rings is 1. The van der Waals surface area contributed by atoms with Gasteiger partial charge in [-0.2, -0.15) is 5.10 Å². The third-order valence-corrected chi connectivity index (χ3v) is 4.35. The first-order chi connectivity index (χ1) is 11.7. The van der Waals surface area contributed by atoms with E-state index in [9.17, 15) is 4.79 Å². The van der Waals surface area contributed by atoms with Gasteiger partial charge in [0.25, 0.3) is 5.91 Å². The van der Waals surface area contributed by atoms with Gasteiger partial charge in [0.05, 0.1) is 24.5 Å². The summed E-state index contributed by atoms with van der Waals surface area (Å²) in [6, 6.07) is 3.40. The number of nitrogens with zero attached hydrogens (tertiary/aromatic N) is 7. The van der Waals surface area contributed by atoms with Crippen LogP contribution >= 0.6 is 0 Å². The van der Waals surface area contributed by atoms with Crippen molar-refractivity contribution in [1.82, 2.24) is 34.2 Å². The van der Waals surface area contributed by atoms with Crippen LogP contribution in [0.25, 0.3) is 0 Å². The molecular weight excluding hydrogens is 306 g/mol. The first-order valence-corrected chi connectivity index (χ1v) is 7.82. The summed E-state index contributed by atoms with van der Waals surface area (Å²) in [4.78, 5) is 27.0. The van der Waals surface area contributed by atoms with Gasteiger partial charge in [-0.05, 0) is 19.1 Å². The predicted octanol–water partition coefficient (Wildman–Crippen LogP) is 1.13. The third-order valence-electron chi connectivity index (χ3n) is 4.35. The maximum atomic E-state index is 12.7. The summed E-state index contributed by atoms with van der Waals surface area (Å²) >= 11 is 0. The highest BCUT2D eigenvalue weighted by molar-refractivity contribution is 5.94. The Balaban J connectivity index is 1.58. The lowest BCUT2D eigenvalue weighted by atomic mass is 10.1. The molecule has 0 fully saturated rings. The molecule has 3 aromatic rings. The van der Waals surface area contributed by atoms with Gasteiger partial charge >= 0.3 is 0 Å². The van der Waals surface area contributed by atoms with Gasteiger partial charge in [-0.25, -0.2) is 14.6 Å². The van der Waals surface area contributed by atoms with E-state index in [0.29, 0.717) is 18.7 Å². The van der Waals surface area contributed by atoms with Gasteiger partial charge in [0, 0.05) is 31.0 Å². The summed E-state index contributed by atoms with van der Waals surface area (Å²) in [7, 11) is 0. The molecule has 3 aromatic heterocycles. The van der Waals surface area contributed by atoms with E-state index in [1.54, 1.807) is 35.5 Å². The van der Waals surface area contributed by atoms with E-state index in [1.807, 2.05) is 18.0 Å². The summed E-state index contributed by atoms with van der Waals surface area (Å²) < 4.78 is 3.94. The first-order valence-electron chi connectivity index (χ1n) is 7.82. The number of rotatable bonds is 3. The number of hydrogen-bond acceptors (Lipinski definition) is 5. The fourth-order valence-electron chi connectivity index (χ4n) is 3.10. The lowest BCUT2D eigenvalue weighted by Gasteiger charge is -2.34. The van der Waals surface area contributed by atoms with Crippen LogP contribution in [0.5, 0.6) is 0 Å². The number of imidazole rings is 1. The minimum Gasteiger partial charge on any atom is -0.327 e. The molecule has 1 atom stereocenters. The van der Waals surface area contributed by atoms with Crippen molar-refractivity contribution in [1.29, 1.82) is 0 Å². The quantitative estimate of drug-likeness (QED) is 0.722. The highest BCUT2D eigenvalue weighted by Crippen LogP contribution is 2.27. The maximum Gasteiger partial charge on any atom is 0.254 e. The lowest BCUT2D eigenvalue weighted by molar-refractivity contribution is 0.0636. The summed E-state index contributed by atoms with van der Waals surface area (Å²) in [6.45, 7) is 4.00. The van der Waals surface area contributed by atoms with Gasteiger partial charge in [-0.1, -0.05) is 0 Å². The molecule has 0 radical (unpaired) electrons. The highest BCUT2D eigenvalue weighted by atomic mass is 16.2. The molecule has 0 saturated heterocycles. The number of carbonyl (C=O) groups excluding carboxylic acids is 1. The zero-order chi connectivity index (χ0) is 16.5. The fraction of sp³-hybridized carbons (Fsp3) is 0.312. The van der Waals surface area contributed by atoms with Crippen LogP contribution in [0.2, 0.25) is 0 Å². The topological polar surface area (TPSA) is 81.7 Å². The smallest absolute Gasteiger partial charge is 0.254 e. The molecule has 122 valence electrons. The van der Waals surface area contributed by atoms with E-state index in [2.05, 4.69) is 24.6 Å². The number of aromatic nitrogens is 6. The van der Waals surface area contributed by atoms with E-state index in [4.69, 9.17) is 0 Å². The Morgan fingerprint density at radius 3 is 2.83 bits per heavy atom. The highest BCUT2D eigenvalue weighted by Gasteiger charge is 2.30. The molecule has 0 bridgehead atoms. The van der Waals surface area contributed by atoms with Gasteiger partial charge in [-0.3, -0.25) is 9.78 Å². The molecule has 0 unspecified atom stereocenters. The van der Waals surface area contributed by atoms with Gasteiger partial charge in [0.2, 0.25) is 0 Å². The molecule has 1 aliphatic heterocycles. The van der Waals surface area contributed by atoms with Crippen LogP contribution in [0.3, 0.4) is 0 Å². The van der Waals surface area contributed by atoms with E-state index in [-0.39, 0.29) is 11.9 Å². The second-order valence-electron chi connectivity index (χ2n) is 5.76. The zero-order valence-electron chi connectivity index (χ0n) is 13.3. The number of carbonyl (C=O) groups is 1. The van der Waals surface area contributed by atoms with Crippen LogP contribution in [0.4, 0.5) is 0 Å². The molecule has 4 rings (SSSR count). The van der Waals surface area contributed by atoms with E-state index >= 15 is 0 Å². The van der Waals surface area contributed by atoms with Crippen molar-refractivity contribution in [2.75, 3.05) is 6.54 Å². The molecule has 24 heavy (non-hydrogen) atoms. The second kappa shape index (κ2) is 5.88. The maximum absolute atomic E-state index is 12.7. The lowest BCUT2D eigenvalue weighted by Crippen LogP contribution is -2.41. The fourth-order valence-corrected chi connectivity index (χ4v) is 3.10. The largest absolute Gasteiger partial charge is 0.327 e. The normalized spacial score (nSPS) is 16.9. The van der Waals surface area contributed by atoms with Gasteiger partial charge in [-0.15, -0.1) is 0 Å². The zero-order valence-corrected chi connectivity index (χ0v) is 13.3. The average molecular weight is 323 g/mol. The molecule has 8 nitrogen and oxygen atoms in total. The van der Waals surface area contributed by atoms with Crippen molar-refractivity contribution in [3.63, 3.8) is 0 Å². The molecule has 8 heteroatoms. The van der Waals surface area contributed by atoms with E-state index in [1.165, 1.54) is 6.33 Å². The molecule has 4 heterocycles. The van der Waals surface area contributed by atoms with Gasteiger partial charge in [0.1, 0.15) is 18.5 Å². The van der Waals surface area contributed by atoms with Crippen molar-refractivity contribution >= 4 is 5.91 Å². The van der Waals surface area contributed by atoms with Crippen molar-refractivity contribution in [2.24, 2.45) is 0 Å². The van der Waals surface area contributed by atoms with Crippen LogP contribution in [-0.4, -0.2) is 46.7 Å². The van der Waals surface area contributed by atoms with E-state index in [0.717, 1.165) is 18.1 Å². The number of fused-ring (bicyclic) bond motifs is 1. The Kier molecular flexibility index (Phi) is 3.56. The number of hydrogen-bond donors (Lipinski definition) is 0. The van der Waals surface area contributed by atoms with E-state index < -0.39 is 0 Å². The Bertz CT molecular complexity index is 841. The van der Waals surface area contributed by atoms with Crippen molar-refractivity contribution in [3.8, 4) is 0 Å². The number of amides is 1. The van der Waals surface area contributed by atoms with Crippen LogP contribution in [0.15, 0.2) is 43.4 Å². The third kappa shape index (κ3) is 2.45. The summed E-state index contributed by atoms with van der Waals surface area (Å²) in [6.07, 6.45) is 8.34. The minimum absolute atomic E-state index is 0.0111. The Morgan fingerprint density at radius 1 is 1.25 bits per heavy atom. The van der Waals surface area contributed by atoms with Crippen molar-refractivity contribution in [2.45, 2.75) is 26.1 Å². The van der Waals surface area contributed by atoms with Crippen LogP contribution in [0, 0.1) is 0 Å². The SMILES string of the molecule is C[C@@H]1c2ncc(Cn3cncn3)n2CCN1C(=O)c1ccncc1. The van der Waals surface area contributed by atoms with Crippen LogP contribution < -0.4 is 0 Å². The van der Waals surface area contributed by atoms with Crippen LogP contribution in [-0.2, 0) is 13.1 Å². The first kappa shape index (κ1) is 14.6. The summed E-state index contributed by atoms with van der Waals surface area (Å²) in [5.74, 6) is 0.913. The molecule has 0 N–H and O–H groups in total. The Morgan fingerprint density at radius 2 is 2.08 bits per heavy atom. The van der Waals surface area contributed by atoms with Gasteiger partial charge < -0.3 is 9.47 Å². The van der Waals surface area contributed by atoms with Crippen molar-refractivity contribution < 1.29 is 4.79 Å². The Labute approximate surface area is 138 Å². The molecule has 0 spiro atoms. The molecule has 1 aliphatic rings. The Hall–Kier alpha value is -3.03. The molecule has 0 aliphatic carbocycles. The predicted molar refractivity (Wildman–Crippen MR) is 85.0 cm³/mol. The molecule has 0 aromatic carbocycles. The monoisotopic (exact) mass is 323 g/mol. The van der Waals surface area contributed by atoms with Crippen molar-refractivity contribution in [3.05, 3.63) is 60.5 Å². The molecule has 0 saturated carbocycles. The summed E-state index contributed by atoms with van der Waals surface area (Å²) in [5.41, 5.74) is 1.72. The average Bonchev–Trinajstić information content (AvgIpc) is 3.27. The molecular formula is C16H17N7O. The minimum atomic E-state index is -0.0797. The molecule has 1 amide bonds. The summed E-state index contributed by atoms with van der Waals surface area (Å²) in [5, 5.41) is 4.14. The van der Waals surface area contributed by atoms with Crippen LogP contribution in [0.1, 0.15) is 34.8 Å². The second-order valence-corrected chi connectivity index (χ2v) is 5.76. The standard InChI is InChI=1S/C16H17N7O/c1-12-15-19-8-14(9-21-11-18-10-20-21)23(15)7-6-22(12)16(24)13-2-4-17-5-3-13/h2-5,8,10-12H,6-7,9H2,1H3/t12-/m1/s1.